The average molecular weight is 330 g/mol. The van der Waals surface area contributed by atoms with Crippen molar-refractivity contribution in [3.05, 3.63) is 119 Å². The maximum atomic E-state index is 2.40. The van der Waals surface area contributed by atoms with Crippen LogP contribution in [0.4, 0.5) is 0 Å². The highest BCUT2D eigenvalue weighted by molar-refractivity contribution is 6.22. The molecule has 0 amide bonds. The summed E-state index contributed by atoms with van der Waals surface area (Å²) in [6.45, 7) is 2.40. The van der Waals surface area contributed by atoms with Gasteiger partial charge in [0.25, 0.3) is 0 Å². The van der Waals surface area contributed by atoms with Gasteiger partial charge >= 0.3 is 0 Å². The fraction of sp³-hybridized carbons (Fsp3) is 0.0769. The van der Waals surface area contributed by atoms with Crippen LogP contribution in [0.25, 0.3) is 21.9 Å². The van der Waals surface area contributed by atoms with Crippen LogP contribution in [0.15, 0.2) is 91.0 Å². The fourth-order valence-corrected chi connectivity index (χ4v) is 5.17. The molecule has 0 fully saturated rings. The predicted octanol–water partition coefficient (Wildman–Crippen LogP) is 6.43. The van der Waals surface area contributed by atoms with Crippen molar-refractivity contribution in [2.75, 3.05) is 0 Å². The Kier molecular flexibility index (Phi) is 2.57. The lowest BCUT2D eigenvalue weighted by Crippen LogP contribution is -2.23. The van der Waals surface area contributed by atoms with Gasteiger partial charge in [0, 0.05) is 5.41 Å². The molecule has 0 heterocycles. The van der Waals surface area contributed by atoms with Gasteiger partial charge in [0.1, 0.15) is 0 Å². The van der Waals surface area contributed by atoms with Crippen LogP contribution in [0.2, 0.25) is 0 Å². The van der Waals surface area contributed by atoms with Crippen molar-refractivity contribution in [1.82, 2.24) is 0 Å². The summed E-state index contributed by atoms with van der Waals surface area (Å²) in [5, 5.41) is 2.75. The molecule has 4 aromatic rings. The predicted molar refractivity (Wildman–Crippen MR) is 109 cm³/mol. The summed E-state index contributed by atoms with van der Waals surface area (Å²) in [6, 6.07) is 33.4. The molecule has 0 N–H and O–H groups in total. The summed E-state index contributed by atoms with van der Waals surface area (Å²) in [5.41, 5.74) is 9.73. The van der Waals surface area contributed by atoms with E-state index in [1.54, 1.807) is 0 Å². The van der Waals surface area contributed by atoms with E-state index in [0.717, 1.165) is 0 Å². The molecule has 0 radical (unpaired) electrons. The molecule has 0 aliphatic heterocycles. The van der Waals surface area contributed by atoms with Crippen molar-refractivity contribution in [3.63, 3.8) is 0 Å². The number of hydrogen-bond acceptors (Lipinski definition) is 0. The number of hydrogen-bond donors (Lipinski definition) is 0. The number of rotatable bonds is 1. The van der Waals surface area contributed by atoms with Crippen LogP contribution < -0.4 is 0 Å². The molecule has 6 rings (SSSR count). The first-order valence-corrected chi connectivity index (χ1v) is 9.23. The molecule has 122 valence electrons. The van der Waals surface area contributed by atoms with Crippen LogP contribution >= 0.6 is 0 Å². The van der Waals surface area contributed by atoms with Crippen LogP contribution in [-0.2, 0) is 5.41 Å². The molecule has 0 aromatic heterocycles. The zero-order chi connectivity index (χ0) is 17.3. The summed E-state index contributed by atoms with van der Waals surface area (Å²) in [5.74, 6) is 0. The zero-order valence-electron chi connectivity index (χ0n) is 14.7. The third kappa shape index (κ3) is 1.51. The highest BCUT2D eigenvalue weighted by atomic mass is 14.5. The van der Waals surface area contributed by atoms with E-state index in [9.17, 15) is 0 Å². The molecular weight excluding hydrogens is 312 g/mol. The molecule has 1 atom stereocenters. The zero-order valence-corrected chi connectivity index (χ0v) is 14.7. The first-order chi connectivity index (χ1) is 12.8. The smallest absolute Gasteiger partial charge is 0.0441 e. The molecule has 0 bridgehead atoms. The third-order valence-electron chi connectivity index (χ3n) is 6.28. The molecule has 0 saturated heterocycles. The maximum absolute atomic E-state index is 2.40. The normalized spacial score (nSPS) is 19.7. The van der Waals surface area contributed by atoms with E-state index < -0.39 is 0 Å². The van der Waals surface area contributed by atoms with Gasteiger partial charge in [-0.25, -0.2) is 0 Å². The van der Waals surface area contributed by atoms with Gasteiger partial charge in [-0.05, 0) is 56.7 Å². The van der Waals surface area contributed by atoms with Gasteiger partial charge in [-0.15, -0.1) is 0 Å². The van der Waals surface area contributed by atoms with E-state index in [1.165, 1.54) is 49.7 Å². The van der Waals surface area contributed by atoms with Gasteiger partial charge in [-0.3, -0.25) is 0 Å². The lowest BCUT2D eigenvalue weighted by Gasteiger charge is -2.31. The first kappa shape index (κ1) is 14.1. The minimum atomic E-state index is -0.125. The highest BCUT2D eigenvalue weighted by Crippen LogP contribution is 2.61. The molecule has 2 aliphatic carbocycles. The van der Waals surface area contributed by atoms with E-state index >= 15 is 0 Å². The van der Waals surface area contributed by atoms with Crippen molar-refractivity contribution in [1.29, 1.82) is 0 Å². The van der Waals surface area contributed by atoms with E-state index in [2.05, 4.69) is 97.9 Å². The first-order valence-electron chi connectivity index (χ1n) is 9.23. The van der Waals surface area contributed by atoms with Gasteiger partial charge in [0.05, 0.1) is 0 Å². The Labute approximate surface area is 153 Å². The van der Waals surface area contributed by atoms with Gasteiger partial charge in [0.2, 0.25) is 0 Å². The Hall–Kier alpha value is -3.12. The standard InChI is InChI=1S/C26H18/c1-26(18-11-3-2-4-12-18)22-16-6-5-13-19(22)24-20-14-7-9-17-10-8-15-21(23(17)20)25(24)26/h2-16H,1H3. The maximum Gasteiger partial charge on any atom is 0.0441 e. The minimum Gasteiger partial charge on any atom is -0.0622 e. The van der Waals surface area contributed by atoms with Crippen LogP contribution in [0.5, 0.6) is 0 Å². The summed E-state index contributed by atoms with van der Waals surface area (Å²) >= 11 is 0. The Balaban J connectivity index is 1.80. The average Bonchev–Trinajstić information content (AvgIpc) is 3.18. The van der Waals surface area contributed by atoms with Crippen LogP contribution in [-0.4, -0.2) is 0 Å². The fourth-order valence-electron chi connectivity index (χ4n) is 5.17. The second-order valence-electron chi connectivity index (χ2n) is 7.50. The van der Waals surface area contributed by atoms with Gasteiger partial charge < -0.3 is 0 Å². The van der Waals surface area contributed by atoms with E-state index in [-0.39, 0.29) is 5.41 Å². The number of allylic oxidation sites excluding steroid dienone is 1. The molecule has 26 heavy (non-hydrogen) atoms. The lowest BCUT2D eigenvalue weighted by molar-refractivity contribution is 0.760. The van der Waals surface area contributed by atoms with Crippen LogP contribution in [0.1, 0.15) is 34.7 Å². The van der Waals surface area contributed by atoms with Crippen molar-refractivity contribution < 1.29 is 0 Å². The van der Waals surface area contributed by atoms with E-state index in [4.69, 9.17) is 0 Å². The molecule has 0 heteroatoms. The van der Waals surface area contributed by atoms with Crippen molar-refractivity contribution >= 4 is 21.9 Å². The van der Waals surface area contributed by atoms with Gasteiger partial charge in [-0.1, -0.05) is 91.0 Å². The summed E-state index contributed by atoms with van der Waals surface area (Å²) in [4.78, 5) is 0. The van der Waals surface area contributed by atoms with Gasteiger partial charge in [-0.2, -0.15) is 0 Å². The van der Waals surface area contributed by atoms with Crippen molar-refractivity contribution in [3.8, 4) is 0 Å². The summed E-state index contributed by atoms with van der Waals surface area (Å²) in [6.07, 6.45) is 0. The Morgan fingerprint density at radius 1 is 0.577 bits per heavy atom. The molecule has 0 spiro atoms. The Bertz CT molecular complexity index is 1220. The third-order valence-corrected chi connectivity index (χ3v) is 6.28. The number of benzene rings is 4. The molecule has 0 saturated carbocycles. The molecule has 0 nitrogen and oxygen atoms in total. The Morgan fingerprint density at radius 3 is 2.04 bits per heavy atom. The number of fused-ring (bicyclic) bond motifs is 4. The second-order valence-corrected chi connectivity index (χ2v) is 7.50. The van der Waals surface area contributed by atoms with E-state index in [1.807, 2.05) is 0 Å². The highest BCUT2D eigenvalue weighted by Gasteiger charge is 2.46. The lowest BCUT2D eigenvalue weighted by atomic mass is 9.71. The molecule has 4 aromatic carbocycles. The molecular formula is C26H18. The molecule has 1 unspecified atom stereocenters. The quantitative estimate of drug-likeness (QED) is 0.377. The molecule has 2 aliphatic rings. The second kappa shape index (κ2) is 4.74. The summed E-state index contributed by atoms with van der Waals surface area (Å²) in [7, 11) is 0. The van der Waals surface area contributed by atoms with Crippen LogP contribution in [0, 0.1) is 0 Å². The van der Waals surface area contributed by atoms with Crippen molar-refractivity contribution in [2.24, 2.45) is 0 Å². The van der Waals surface area contributed by atoms with Crippen molar-refractivity contribution in [2.45, 2.75) is 12.3 Å². The van der Waals surface area contributed by atoms with Gasteiger partial charge in [0.15, 0.2) is 0 Å². The van der Waals surface area contributed by atoms with E-state index in [0.29, 0.717) is 0 Å². The minimum absolute atomic E-state index is 0.125. The monoisotopic (exact) mass is 330 g/mol. The summed E-state index contributed by atoms with van der Waals surface area (Å²) < 4.78 is 0. The topological polar surface area (TPSA) is 0 Å². The largest absolute Gasteiger partial charge is 0.0622 e. The Morgan fingerprint density at radius 2 is 1.23 bits per heavy atom. The SMILES string of the molecule is CC1(c2ccccc2)C2=C(c3ccccc31)c1cccc3cccc2c13. The van der Waals surface area contributed by atoms with Crippen LogP contribution in [0.3, 0.4) is 0 Å².